The Balaban J connectivity index is 2.21. The summed E-state index contributed by atoms with van der Waals surface area (Å²) in [4.78, 5) is 8.19. The molecule has 4 nitrogen and oxygen atoms in total. The number of rotatable bonds is 3. The van der Waals surface area contributed by atoms with Crippen LogP contribution >= 0.6 is 0 Å². The fourth-order valence-corrected chi connectivity index (χ4v) is 1.29. The van der Waals surface area contributed by atoms with Crippen molar-refractivity contribution < 1.29 is 5.11 Å². The minimum absolute atomic E-state index is 0.0683. The summed E-state index contributed by atoms with van der Waals surface area (Å²) >= 11 is 0. The van der Waals surface area contributed by atoms with Crippen LogP contribution in [-0.2, 0) is 0 Å². The molecule has 0 aliphatic heterocycles. The van der Waals surface area contributed by atoms with E-state index in [2.05, 4.69) is 9.97 Å². The second-order valence-electron chi connectivity index (χ2n) is 3.43. The topological polar surface area (TPSA) is 72.0 Å². The number of hydrogen-bond donors (Lipinski definition) is 2. The van der Waals surface area contributed by atoms with Crippen LogP contribution in [0, 0.1) is 0 Å². The van der Waals surface area contributed by atoms with Crippen molar-refractivity contribution in [2.24, 2.45) is 5.73 Å². The summed E-state index contributed by atoms with van der Waals surface area (Å²) in [7, 11) is 0. The lowest BCUT2D eigenvalue weighted by atomic mass is 10.2. The lowest BCUT2D eigenvalue weighted by Gasteiger charge is -2.07. The molecule has 0 saturated heterocycles. The average Bonchev–Trinajstić information content (AvgIpc) is 3.00. The molecule has 1 unspecified atom stereocenters. The van der Waals surface area contributed by atoms with Crippen LogP contribution in [0.3, 0.4) is 0 Å². The molecule has 1 aromatic heterocycles. The Kier molecular flexibility index (Phi) is 2.24. The molecule has 1 saturated carbocycles. The van der Waals surface area contributed by atoms with E-state index in [1.807, 2.05) is 6.07 Å². The van der Waals surface area contributed by atoms with Crippen molar-refractivity contribution in [3.63, 3.8) is 0 Å². The molecule has 1 atom stereocenters. The van der Waals surface area contributed by atoms with E-state index in [9.17, 15) is 0 Å². The van der Waals surface area contributed by atoms with Gasteiger partial charge in [0.1, 0.15) is 6.33 Å². The van der Waals surface area contributed by atoms with Crippen LogP contribution in [0.5, 0.6) is 0 Å². The van der Waals surface area contributed by atoms with Crippen molar-refractivity contribution in [1.29, 1.82) is 0 Å². The van der Waals surface area contributed by atoms with Crippen molar-refractivity contribution in [2.45, 2.75) is 24.8 Å². The monoisotopic (exact) mass is 179 g/mol. The fraction of sp³-hybridized carbons (Fsp3) is 0.556. The zero-order valence-corrected chi connectivity index (χ0v) is 7.35. The van der Waals surface area contributed by atoms with Crippen LogP contribution in [0.15, 0.2) is 12.4 Å². The van der Waals surface area contributed by atoms with Gasteiger partial charge >= 0.3 is 0 Å². The molecule has 1 aromatic rings. The standard InChI is InChI=1S/C9H13N3O/c10-7(4-13)9-3-8(6-1-2-6)11-5-12-9/h3,5-7,13H,1-2,4,10H2. The third kappa shape index (κ3) is 1.84. The van der Waals surface area contributed by atoms with Gasteiger partial charge < -0.3 is 10.8 Å². The summed E-state index contributed by atoms with van der Waals surface area (Å²) in [6.45, 7) is -0.0683. The van der Waals surface area contributed by atoms with Gasteiger partial charge in [0.2, 0.25) is 0 Å². The highest BCUT2D eigenvalue weighted by Crippen LogP contribution is 2.38. The predicted molar refractivity (Wildman–Crippen MR) is 48.0 cm³/mol. The molecule has 0 bridgehead atoms. The molecule has 0 amide bonds. The van der Waals surface area contributed by atoms with E-state index >= 15 is 0 Å². The van der Waals surface area contributed by atoms with Crippen molar-refractivity contribution in [1.82, 2.24) is 9.97 Å². The maximum atomic E-state index is 8.85. The number of nitrogens with zero attached hydrogens (tertiary/aromatic N) is 2. The van der Waals surface area contributed by atoms with E-state index in [1.165, 1.54) is 19.2 Å². The van der Waals surface area contributed by atoms with Crippen molar-refractivity contribution in [2.75, 3.05) is 6.61 Å². The smallest absolute Gasteiger partial charge is 0.116 e. The largest absolute Gasteiger partial charge is 0.394 e. The Morgan fingerprint density at radius 2 is 2.31 bits per heavy atom. The molecule has 3 N–H and O–H groups in total. The van der Waals surface area contributed by atoms with Gasteiger partial charge in [-0.1, -0.05) is 0 Å². The molecule has 2 rings (SSSR count). The van der Waals surface area contributed by atoms with Crippen LogP contribution in [0.1, 0.15) is 36.2 Å². The van der Waals surface area contributed by atoms with Gasteiger partial charge in [-0.15, -0.1) is 0 Å². The Morgan fingerprint density at radius 3 is 2.92 bits per heavy atom. The van der Waals surface area contributed by atoms with Crippen LogP contribution in [0.25, 0.3) is 0 Å². The van der Waals surface area contributed by atoms with Crippen LogP contribution in [0.2, 0.25) is 0 Å². The molecule has 1 aliphatic carbocycles. The maximum absolute atomic E-state index is 8.85. The molecular formula is C9H13N3O. The first-order chi connectivity index (χ1) is 6.31. The first kappa shape index (κ1) is 8.59. The number of aromatic nitrogens is 2. The Bertz CT molecular complexity index is 299. The van der Waals surface area contributed by atoms with E-state index in [-0.39, 0.29) is 12.6 Å². The highest BCUT2D eigenvalue weighted by atomic mass is 16.3. The van der Waals surface area contributed by atoms with Gasteiger partial charge in [0.15, 0.2) is 0 Å². The van der Waals surface area contributed by atoms with Gasteiger partial charge in [-0.25, -0.2) is 9.97 Å². The van der Waals surface area contributed by atoms with Gasteiger partial charge in [-0.2, -0.15) is 0 Å². The zero-order chi connectivity index (χ0) is 9.26. The van der Waals surface area contributed by atoms with Gasteiger partial charge in [0.05, 0.1) is 18.3 Å². The molecule has 13 heavy (non-hydrogen) atoms. The number of hydrogen-bond acceptors (Lipinski definition) is 4. The summed E-state index contributed by atoms with van der Waals surface area (Å²) in [5.74, 6) is 0.604. The van der Waals surface area contributed by atoms with Gasteiger partial charge in [-0.3, -0.25) is 0 Å². The molecule has 1 aliphatic rings. The minimum atomic E-state index is -0.375. The Morgan fingerprint density at radius 1 is 1.54 bits per heavy atom. The number of nitrogens with two attached hydrogens (primary N) is 1. The number of aliphatic hydroxyl groups is 1. The first-order valence-electron chi connectivity index (χ1n) is 4.49. The molecule has 0 spiro atoms. The first-order valence-corrected chi connectivity index (χ1v) is 4.49. The van der Waals surface area contributed by atoms with E-state index in [0.717, 1.165) is 11.4 Å². The molecular weight excluding hydrogens is 166 g/mol. The van der Waals surface area contributed by atoms with Gasteiger partial charge in [0, 0.05) is 11.6 Å². The van der Waals surface area contributed by atoms with E-state index < -0.39 is 0 Å². The van der Waals surface area contributed by atoms with Crippen molar-refractivity contribution in [3.05, 3.63) is 23.8 Å². The fourth-order valence-electron chi connectivity index (χ4n) is 1.29. The summed E-state index contributed by atoms with van der Waals surface area (Å²) in [5.41, 5.74) is 7.44. The summed E-state index contributed by atoms with van der Waals surface area (Å²) in [6.07, 6.45) is 3.95. The predicted octanol–water partition coefficient (Wildman–Crippen LogP) is 0.346. The molecule has 0 radical (unpaired) electrons. The SMILES string of the molecule is NC(CO)c1cc(C2CC2)ncn1. The highest BCUT2D eigenvalue weighted by Gasteiger charge is 2.25. The highest BCUT2D eigenvalue weighted by molar-refractivity contribution is 5.18. The van der Waals surface area contributed by atoms with E-state index in [1.54, 1.807) is 0 Å². The summed E-state index contributed by atoms with van der Waals surface area (Å²) in [5, 5.41) is 8.85. The zero-order valence-electron chi connectivity index (χ0n) is 7.35. The lowest BCUT2D eigenvalue weighted by Crippen LogP contribution is -2.16. The van der Waals surface area contributed by atoms with Crippen LogP contribution < -0.4 is 5.73 Å². The number of aliphatic hydroxyl groups excluding tert-OH is 1. The maximum Gasteiger partial charge on any atom is 0.116 e. The molecule has 1 heterocycles. The molecule has 70 valence electrons. The van der Waals surface area contributed by atoms with Crippen molar-refractivity contribution in [3.8, 4) is 0 Å². The Labute approximate surface area is 76.8 Å². The van der Waals surface area contributed by atoms with Crippen molar-refractivity contribution >= 4 is 0 Å². The third-order valence-electron chi connectivity index (χ3n) is 2.28. The third-order valence-corrected chi connectivity index (χ3v) is 2.28. The van der Waals surface area contributed by atoms with Gasteiger partial charge in [-0.05, 0) is 18.9 Å². The molecule has 4 heteroatoms. The quantitative estimate of drug-likeness (QED) is 0.702. The Hall–Kier alpha value is -1.00. The van der Waals surface area contributed by atoms with Gasteiger partial charge in [0.25, 0.3) is 0 Å². The average molecular weight is 179 g/mol. The molecule has 1 fully saturated rings. The molecule has 0 aromatic carbocycles. The van der Waals surface area contributed by atoms with Crippen LogP contribution in [0.4, 0.5) is 0 Å². The van der Waals surface area contributed by atoms with E-state index in [0.29, 0.717) is 5.92 Å². The summed E-state index contributed by atoms with van der Waals surface area (Å²) < 4.78 is 0. The minimum Gasteiger partial charge on any atom is -0.394 e. The lowest BCUT2D eigenvalue weighted by molar-refractivity contribution is 0.265. The second kappa shape index (κ2) is 3.40. The normalized spacial score (nSPS) is 18.6. The van der Waals surface area contributed by atoms with E-state index in [4.69, 9.17) is 10.8 Å². The second-order valence-corrected chi connectivity index (χ2v) is 3.43. The summed E-state index contributed by atoms with van der Waals surface area (Å²) in [6, 6.07) is 1.53. The van der Waals surface area contributed by atoms with Crippen LogP contribution in [-0.4, -0.2) is 21.7 Å².